The molecule has 0 radical (unpaired) electrons. The van der Waals surface area contributed by atoms with Crippen molar-refractivity contribution in [2.24, 2.45) is 0 Å². The Kier molecular flexibility index (Phi) is 8.02. The Morgan fingerprint density at radius 3 is 2.25 bits per heavy atom. The molecule has 0 unspecified atom stereocenters. The Morgan fingerprint density at radius 2 is 1.61 bits per heavy atom. The highest BCUT2D eigenvalue weighted by Crippen LogP contribution is 2.15. The molecule has 0 saturated heterocycles. The maximum absolute atomic E-state index is 11.9. The molecule has 0 bridgehead atoms. The predicted octanol–water partition coefficient (Wildman–Crippen LogP) is 2.83. The van der Waals surface area contributed by atoms with Gasteiger partial charge < -0.3 is 20.1 Å². The number of benzene rings is 2. The largest absolute Gasteiger partial charge is 0.497 e. The fraction of sp³-hybridized carbons (Fsp3) is 0.286. The molecule has 2 amide bonds. The second-order valence-electron chi connectivity index (χ2n) is 6.14. The fourth-order valence-electron chi connectivity index (χ4n) is 2.44. The van der Waals surface area contributed by atoms with Gasteiger partial charge in [-0.05, 0) is 36.8 Å². The maximum Gasteiger partial charge on any atom is 0.306 e. The number of anilines is 1. The number of amides is 2. The summed E-state index contributed by atoms with van der Waals surface area (Å²) < 4.78 is 9.97. The van der Waals surface area contributed by atoms with Gasteiger partial charge in [-0.25, -0.2) is 0 Å². The molecule has 0 aliphatic rings. The van der Waals surface area contributed by atoms with E-state index in [1.165, 1.54) is 0 Å². The van der Waals surface area contributed by atoms with Crippen LogP contribution >= 0.6 is 0 Å². The van der Waals surface area contributed by atoms with Gasteiger partial charge in [-0.2, -0.15) is 0 Å². The van der Waals surface area contributed by atoms with Crippen LogP contribution in [0.4, 0.5) is 5.69 Å². The minimum absolute atomic E-state index is 0.0348. The van der Waals surface area contributed by atoms with Gasteiger partial charge in [0.1, 0.15) is 5.75 Å². The third-order valence-corrected chi connectivity index (χ3v) is 3.97. The van der Waals surface area contributed by atoms with Gasteiger partial charge in [-0.3, -0.25) is 14.4 Å². The van der Waals surface area contributed by atoms with Crippen molar-refractivity contribution in [3.05, 3.63) is 60.2 Å². The molecular weight excluding hydrogens is 360 g/mol. The smallest absolute Gasteiger partial charge is 0.306 e. The standard InChI is InChI=1S/C21H24N2O5/c1-15(16-6-4-3-5-7-16)22-20(25)14-28-21(26)13-12-19(24)23-17-8-10-18(27-2)11-9-17/h3-11,15H,12-14H2,1-2H3,(H,22,25)(H,23,24)/t15-/m0/s1. The molecule has 0 saturated carbocycles. The quantitative estimate of drug-likeness (QED) is 0.649. The number of carbonyl (C=O) groups excluding carboxylic acids is 3. The van der Waals surface area contributed by atoms with Gasteiger partial charge in [0.2, 0.25) is 5.91 Å². The summed E-state index contributed by atoms with van der Waals surface area (Å²) in [5.41, 5.74) is 1.56. The zero-order valence-corrected chi connectivity index (χ0v) is 15.9. The number of hydrogen-bond acceptors (Lipinski definition) is 5. The number of rotatable bonds is 9. The monoisotopic (exact) mass is 384 g/mol. The SMILES string of the molecule is COc1ccc(NC(=O)CCC(=O)OCC(=O)N[C@@H](C)c2ccccc2)cc1. The lowest BCUT2D eigenvalue weighted by Gasteiger charge is -2.14. The zero-order chi connectivity index (χ0) is 20.4. The molecule has 1 atom stereocenters. The lowest BCUT2D eigenvalue weighted by Crippen LogP contribution is -2.31. The average Bonchev–Trinajstić information content (AvgIpc) is 2.72. The van der Waals surface area contributed by atoms with Crippen molar-refractivity contribution < 1.29 is 23.9 Å². The van der Waals surface area contributed by atoms with E-state index in [1.54, 1.807) is 31.4 Å². The second kappa shape index (κ2) is 10.7. The van der Waals surface area contributed by atoms with Gasteiger partial charge in [0.15, 0.2) is 6.61 Å². The van der Waals surface area contributed by atoms with Gasteiger partial charge in [-0.1, -0.05) is 30.3 Å². The first-order chi connectivity index (χ1) is 13.5. The van der Waals surface area contributed by atoms with E-state index in [1.807, 2.05) is 37.3 Å². The summed E-state index contributed by atoms with van der Waals surface area (Å²) >= 11 is 0. The van der Waals surface area contributed by atoms with Gasteiger partial charge in [0.25, 0.3) is 5.91 Å². The molecule has 0 heterocycles. The minimum atomic E-state index is -0.604. The Hall–Kier alpha value is -3.35. The molecule has 0 fully saturated rings. The molecule has 0 aliphatic carbocycles. The third kappa shape index (κ3) is 7.11. The number of ether oxygens (including phenoxy) is 2. The molecule has 28 heavy (non-hydrogen) atoms. The molecule has 2 aromatic rings. The van der Waals surface area contributed by atoms with Crippen LogP contribution in [0.15, 0.2) is 54.6 Å². The van der Waals surface area contributed by atoms with Crippen molar-refractivity contribution in [2.75, 3.05) is 19.0 Å². The molecule has 0 spiro atoms. The molecule has 148 valence electrons. The summed E-state index contributed by atoms with van der Waals surface area (Å²) in [6.45, 7) is 1.47. The van der Waals surface area contributed by atoms with Crippen molar-refractivity contribution in [3.63, 3.8) is 0 Å². The van der Waals surface area contributed by atoms with Gasteiger partial charge >= 0.3 is 5.97 Å². The van der Waals surface area contributed by atoms with Crippen LogP contribution < -0.4 is 15.4 Å². The summed E-state index contributed by atoms with van der Waals surface area (Å²) in [6.07, 6.45) is -0.142. The van der Waals surface area contributed by atoms with E-state index in [2.05, 4.69) is 10.6 Å². The number of nitrogens with one attached hydrogen (secondary N) is 2. The number of esters is 1. The first-order valence-electron chi connectivity index (χ1n) is 8.91. The molecule has 2 rings (SSSR count). The van der Waals surface area contributed by atoms with Crippen LogP contribution in [-0.4, -0.2) is 31.5 Å². The number of methoxy groups -OCH3 is 1. The maximum atomic E-state index is 11.9. The van der Waals surface area contributed by atoms with Crippen molar-refractivity contribution in [1.29, 1.82) is 0 Å². The Bertz CT molecular complexity index is 790. The average molecular weight is 384 g/mol. The lowest BCUT2D eigenvalue weighted by molar-refractivity contribution is -0.149. The Balaban J connectivity index is 1.66. The minimum Gasteiger partial charge on any atom is -0.497 e. The van der Waals surface area contributed by atoms with Crippen molar-refractivity contribution in [2.45, 2.75) is 25.8 Å². The van der Waals surface area contributed by atoms with Gasteiger partial charge in [-0.15, -0.1) is 0 Å². The highest BCUT2D eigenvalue weighted by Gasteiger charge is 2.13. The Labute approximate surface area is 164 Å². The normalized spacial score (nSPS) is 11.2. The van der Waals surface area contributed by atoms with Crippen LogP contribution in [0, 0.1) is 0 Å². The van der Waals surface area contributed by atoms with E-state index in [9.17, 15) is 14.4 Å². The van der Waals surface area contributed by atoms with E-state index < -0.39 is 11.9 Å². The molecule has 0 aromatic heterocycles. The number of hydrogen-bond donors (Lipinski definition) is 2. The highest BCUT2D eigenvalue weighted by molar-refractivity contribution is 5.92. The van der Waals surface area contributed by atoms with Crippen LogP contribution in [0.5, 0.6) is 5.75 Å². The summed E-state index contributed by atoms with van der Waals surface area (Å²) in [6, 6.07) is 16.1. The molecule has 7 nitrogen and oxygen atoms in total. The first kappa shape index (κ1) is 21.0. The highest BCUT2D eigenvalue weighted by atomic mass is 16.5. The van der Waals surface area contributed by atoms with Crippen LogP contribution in [-0.2, 0) is 19.1 Å². The van der Waals surface area contributed by atoms with Crippen LogP contribution in [0.2, 0.25) is 0 Å². The van der Waals surface area contributed by atoms with E-state index >= 15 is 0 Å². The summed E-state index contributed by atoms with van der Waals surface area (Å²) in [7, 11) is 1.56. The first-order valence-corrected chi connectivity index (χ1v) is 8.91. The van der Waals surface area contributed by atoms with Crippen molar-refractivity contribution >= 4 is 23.5 Å². The van der Waals surface area contributed by atoms with E-state index in [4.69, 9.17) is 9.47 Å². The van der Waals surface area contributed by atoms with Crippen LogP contribution in [0.25, 0.3) is 0 Å². The van der Waals surface area contributed by atoms with Gasteiger partial charge in [0, 0.05) is 12.1 Å². The molecule has 7 heteroatoms. The lowest BCUT2D eigenvalue weighted by atomic mass is 10.1. The Morgan fingerprint density at radius 1 is 0.929 bits per heavy atom. The molecule has 2 aromatic carbocycles. The predicted molar refractivity (Wildman–Crippen MR) is 105 cm³/mol. The van der Waals surface area contributed by atoms with E-state index in [-0.39, 0.29) is 31.4 Å². The van der Waals surface area contributed by atoms with Crippen molar-refractivity contribution in [1.82, 2.24) is 5.32 Å². The molecule has 0 aliphatic heterocycles. The summed E-state index contributed by atoms with van der Waals surface area (Å²) in [5, 5.41) is 5.43. The van der Waals surface area contributed by atoms with Crippen molar-refractivity contribution in [3.8, 4) is 5.75 Å². The van der Waals surface area contributed by atoms with E-state index in [0.29, 0.717) is 11.4 Å². The second-order valence-corrected chi connectivity index (χ2v) is 6.14. The molecule has 2 N–H and O–H groups in total. The van der Waals surface area contributed by atoms with E-state index in [0.717, 1.165) is 5.56 Å². The topological polar surface area (TPSA) is 93.7 Å². The van der Waals surface area contributed by atoms with Gasteiger partial charge in [0.05, 0.1) is 19.6 Å². The summed E-state index contributed by atoms with van der Waals surface area (Å²) in [5.74, 6) is -0.634. The van der Waals surface area contributed by atoms with Crippen LogP contribution in [0.1, 0.15) is 31.4 Å². The molecular formula is C21H24N2O5. The summed E-state index contributed by atoms with van der Waals surface area (Å²) in [4.78, 5) is 35.5. The number of carbonyl (C=O) groups is 3. The fourth-order valence-corrected chi connectivity index (χ4v) is 2.44. The third-order valence-electron chi connectivity index (χ3n) is 3.97. The zero-order valence-electron chi connectivity index (χ0n) is 15.9. The van der Waals surface area contributed by atoms with Crippen LogP contribution in [0.3, 0.4) is 0 Å².